The lowest BCUT2D eigenvalue weighted by Gasteiger charge is -2.21. The zero-order chi connectivity index (χ0) is 14.8. The van der Waals surface area contributed by atoms with Crippen LogP contribution in [0.5, 0.6) is 0 Å². The summed E-state index contributed by atoms with van der Waals surface area (Å²) in [7, 11) is 0. The lowest BCUT2D eigenvalue weighted by Crippen LogP contribution is -2.43. The summed E-state index contributed by atoms with van der Waals surface area (Å²) in [6, 6.07) is 0. The molecule has 1 aromatic heterocycles. The molecular weight excluding hydrogens is 270 g/mol. The quantitative estimate of drug-likeness (QED) is 0.769. The number of carbonyl (C=O) groups is 2. The molecule has 1 aromatic rings. The number of nitrogens with zero attached hydrogens (tertiary/aromatic N) is 2. The van der Waals surface area contributed by atoms with Gasteiger partial charge in [-0.3, -0.25) is 14.3 Å². The molecule has 7 heteroatoms. The third-order valence-electron chi connectivity index (χ3n) is 3.23. The van der Waals surface area contributed by atoms with Gasteiger partial charge in [0.25, 0.3) is 0 Å². The number of hydrogen-bond donors (Lipinski definition) is 2. The first kappa shape index (κ1) is 15.5. The van der Waals surface area contributed by atoms with Gasteiger partial charge in [-0.05, 0) is 20.3 Å². The van der Waals surface area contributed by atoms with Crippen molar-refractivity contribution in [2.24, 2.45) is 11.1 Å². The van der Waals surface area contributed by atoms with Gasteiger partial charge in [0, 0.05) is 13.0 Å². The molecule has 0 aliphatic carbocycles. The number of carboxylic acids is 1. The summed E-state index contributed by atoms with van der Waals surface area (Å²) in [5, 5.41) is 13.9. The van der Waals surface area contributed by atoms with Crippen LogP contribution in [-0.2, 0) is 29.0 Å². The van der Waals surface area contributed by atoms with E-state index in [0.29, 0.717) is 29.4 Å². The number of aliphatic carboxylic acids is 1. The molecule has 0 aliphatic heterocycles. The van der Waals surface area contributed by atoms with Crippen LogP contribution in [0.3, 0.4) is 0 Å². The molecule has 0 aliphatic rings. The first-order valence-electron chi connectivity index (χ1n) is 6.05. The summed E-state index contributed by atoms with van der Waals surface area (Å²) < 4.78 is 1.62. The summed E-state index contributed by atoms with van der Waals surface area (Å²) in [6.07, 6.45) is 0.566. The van der Waals surface area contributed by atoms with Gasteiger partial charge < -0.3 is 10.8 Å². The van der Waals surface area contributed by atoms with Gasteiger partial charge in [-0.1, -0.05) is 18.5 Å². The van der Waals surface area contributed by atoms with Gasteiger partial charge in [-0.2, -0.15) is 5.10 Å². The molecule has 1 rings (SSSR count). The Balaban J connectivity index is 3.27. The minimum Gasteiger partial charge on any atom is -0.480 e. The minimum atomic E-state index is -1.69. The van der Waals surface area contributed by atoms with E-state index in [1.165, 1.54) is 6.92 Å². The van der Waals surface area contributed by atoms with Gasteiger partial charge in [-0.15, -0.1) is 0 Å². The van der Waals surface area contributed by atoms with Crippen LogP contribution < -0.4 is 5.73 Å². The fourth-order valence-electron chi connectivity index (χ4n) is 1.79. The zero-order valence-corrected chi connectivity index (χ0v) is 12.0. The zero-order valence-electron chi connectivity index (χ0n) is 11.2. The number of amides is 1. The monoisotopic (exact) mass is 287 g/mol. The molecule has 3 N–H and O–H groups in total. The normalized spacial score (nSPS) is 14.1. The van der Waals surface area contributed by atoms with Gasteiger partial charge >= 0.3 is 5.97 Å². The first-order chi connectivity index (χ1) is 8.77. The second-order valence-corrected chi connectivity index (χ2v) is 4.93. The fourth-order valence-corrected chi connectivity index (χ4v) is 2.12. The van der Waals surface area contributed by atoms with Crippen LogP contribution in [-0.4, -0.2) is 26.8 Å². The summed E-state index contributed by atoms with van der Waals surface area (Å²) in [5.74, 6) is -2.16. The smallest absolute Gasteiger partial charge is 0.319 e. The topological polar surface area (TPSA) is 98.2 Å². The first-order valence-corrected chi connectivity index (χ1v) is 6.43. The Bertz CT molecular complexity index is 497. The standard InChI is InChI=1S/C12H18ClN3O3/c1-4-7-9(13)8(16(5-2)15-7)6-12(3,10(14)17)11(18)19/h4-6H2,1-3H3,(H2,14,17)(H,18,19). The van der Waals surface area contributed by atoms with Crippen molar-refractivity contribution >= 4 is 23.5 Å². The number of primary amides is 1. The summed E-state index contributed by atoms with van der Waals surface area (Å²) in [5.41, 5.74) is 4.74. The Morgan fingerprint density at radius 1 is 1.47 bits per heavy atom. The van der Waals surface area contributed by atoms with Crippen LogP contribution in [0.25, 0.3) is 0 Å². The van der Waals surface area contributed by atoms with Crippen LogP contribution in [0.1, 0.15) is 32.2 Å². The second-order valence-electron chi connectivity index (χ2n) is 4.55. The summed E-state index contributed by atoms with van der Waals surface area (Å²) >= 11 is 6.20. The van der Waals surface area contributed by atoms with E-state index < -0.39 is 17.3 Å². The molecule has 6 nitrogen and oxygen atoms in total. The van der Waals surface area contributed by atoms with E-state index in [1.54, 1.807) is 4.68 Å². The van der Waals surface area contributed by atoms with E-state index in [4.69, 9.17) is 17.3 Å². The molecule has 0 fully saturated rings. The van der Waals surface area contributed by atoms with Crippen LogP contribution in [0.4, 0.5) is 0 Å². The van der Waals surface area contributed by atoms with Gasteiger partial charge in [0.2, 0.25) is 5.91 Å². The highest BCUT2D eigenvalue weighted by Gasteiger charge is 2.41. The fraction of sp³-hybridized carbons (Fsp3) is 0.583. The van der Waals surface area contributed by atoms with Crippen molar-refractivity contribution in [2.45, 2.75) is 40.2 Å². The average Bonchev–Trinajstić information content (AvgIpc) is 2.65. The Hall–Kier alpha value is -1.56. The summed E-state index contributed by atoms with van der Waals surface area (Å²) in [6.45, 7) is 5.62. The van der Waals surface area contributed by atoms with E-state index in [2.05, 4.69) is 5.10 Å². The van der Waals surface area contributed by atoms with Crippen molar-refractivity contribution in [1.29, 1.82) is 0 Å². The van der Waals surface area contributed by atoms with Gasteiger partial charge in [0.15, 0.2) is 0 Å². The van der Waals surface area contributed by atoms with Crippen molar-refractivity contribution in [3.8, 4) is 0 Å². The van der Waals surface area contributed by atoms with Crippen LogP contribution in [0, 0.1) is 5.41 Å². The lowest BCUT2D eigenvalue weighted by atomic mass is 9.84. The van der Waals surface area contributed by atoms with E-state index in [0.717, 1.165) is 0 Å². The highest BCUT2D eigenvalue weighted by molar-refractivity contribution is 6.32. The maximum absolute atomic E-state index is 11.4. The number of hydrogen-bond acceptors (Lipinski definition) is 3. The van der Waals surface area contributed by atoms with Crippen molar-refractivity contribution in [3.63, 3.8) is 0 Å². The Morgan fingerprint density at radius 3 is 2.42 bits per heavy atom. The number of aromatic nitrogens is 2. The number of carboxylic acid groups (broad SMARTS) is 1. The van der Waals surface area contributed by atoms with Crippen LogP contribution in [0.2, 0.25) is 5.02 Å². The van der Waals surface area contributed by atoms with E-state index in [-0.39, 0.29) is 6.42 Å². The van der Waals surface area contributed by atoms with Crippen LogP contribution >= 0.6 is 11.6 Å². The van der Waals surface area contributed by atoms with Crippen LogP contribution in [0.15, 0.2) is 0 Å². The molecule has 0 aromatic carbocycles. The van der Waals surface area contributed by atoms with Gasteiger partial charge in [0.1, 0.15) is 5.41 Å². The average molecular weight is 288 g/mol. The molecule has 19 heavy (non-hydrogen) atoms. The molecule has 106 valence electrons. The third-order valence-corrected chi connectivity index (χ3v) is 3.67. The Kier molecular flexibility index (Phi) is 4.57. The molecule has 0 spiro atoms. The number of rotatable bonds is 6. The molecule has 1 unspecified atom stereocenters. The largest absolute Gasteiger partial charge is 0.480 e. The van der Waals surface area contributed by atoms with Crippen molar-refractivity contribution < 1.29 is 14.7 Å². The van der Waals surface area contributed by atoms with E-state index in [1.807, 2.05) is 13.8 Å². The lowest BCUT2D eigenvalue weighted by molar-refractivity contribution is -0.153. The van der Waals surface area contributed by atoms with Crippen molar-refractivity contribution in [2.75, 3.05) is 0 Å². The predicted molar refractivity (Wildman–Crippen MR) is 70.9 cm³/mol. The molecule has 1 amide bonds. The molecule has 0 saturated carbocycles. The minimum absolute atomic E-state index is 0.0721. The maximum atomic E-state index is 11.4. The Morgan fingerprint density at radius 2 is 2.05 bits per heavy atom. The van der Waals surface area contributed by atoms with E-state index in [9.17, 15) is 14.7 Å². The summed E-state index contributed by atoms with van der Waals surface area (Å²) in [4.78, 5) is 22.7. The second kappa shape index (κ2) is 5.61. The molecule has 0 radical (unpaired) electrons. The number of aryl methyl sites for hydroxylation is 2. The number of halogens is 1. The SMILES string of the molecule is CCc1nn(CC)c(CC(C)(C(N)=O)C(=O)O)c1Cl. The third kappa shape index (κ3) is 2.73. The highest BCUT2D eigenvalue weighted by atomic mass is 35.5. The molecule has 0 saturated heterocycles. The highest BCUT2D eigenvalue weighted by Crippen LogP contribution is 2.29. The Labute approximate surface area is 116 Å². The number of nitrogens with two attached hydrogens (primary N) is 1. The molecule has 1 heterocycles. The van der Waals surface area contributed by atoms with Crippen molar-refractivity contribution in [1.82, 2.24) is 9.78 Å². The molecule has 1 atom stereocenters. The number of carbonyl (C=O) groups excluding carboxylic acids is 1. The predicted octanol–water partition coefficient (Wildman–Crippen LogP) is 1.24. The molecular formula is C12H18ClN3O3. The maximum Gasteiger partial charge on any atom is 0.319 e. The van der Waals surface area contributed by atoms with E-state index >= 15 is 0 Å². The van der Waals surface area contributed by atoms with Gasteiger partial charge in [0.05, 0.1) is 16.4 Å². The van der Waals surface area contributed by atoms with Crippen molar-refractivity contribution in [3.05, 3.63) is 16.4 Å². The van der Waals surface area contributed by atoms with Gasteiger partial charge in [-0.25, -0.2) is 0 Å². The molecule has 0 bridgehead atoms.